The molecule has 9 heteroatoms. The minimum absolute atomic E-state index is 0.0919. The summed E-state index contributed by atoms with van der Waals surface area (Å²) in [4.78, 5) is 1.91. The second kappa shape index (κ2) is 8.62. The second-order valence-electron chi connectivity index (χ2n) is 8.74. The highest BCUT2D eigenvalue weighted by Crippen LogP contribution is 2.30. The van der Waals surface area contributed by atoms with Gasteiger partial charge >= 0.3 is 6.18 Å². The van der Waals surface area contributed by atoms with Crippen LogP contribution in [0.3, 0.4) is 0 Å². The number of halogens is 3. The maximum Gasteiger partial charge on any atom is 0.390 e. The number of benzene rings is 2. The van der Waals surface area contributed by atoms with Gasteiger partial charge in [0.2, 0.25) is 0 Å². The molecule has 4 aromatic rings. The Bertz CT molecular complexity index is 1230. The van der Waals surface area contributed by atoms with Crippen molar-refractivity contribution in [3.8, 4) is 17.1 Å². The van der Waals surface area contributed by atoms with E-state index in [4.69, 9.17) is 0 Å². The van der Waals surface area contributed by atoms with E-state index in [1.165, 1.54) is 5.56 Å². The molecule has 2 aromatic carbocycles. The molecule has 33 heavy (non-hydrogen) atoms. The fraction of sp³-hybridized carbons (Fsp3) is 0.375. The molecule has 5 rings (SSSR count). The lowest BCUT2D eigenvalue weighted by Gasteiger charge is -2.32. The monoisotopic (exact) mass is 454 g/mol. The summed E-state index contributed by atoms with van der Waals surface area (Å²) in [5.41, 5.74) is 5.70. The normalized spacial score (nSPS) is 16.0. The Morgan fingerprint density at radius 3 is 2.55 bits per heavy atom. The largest absolute Gasteiger partial charge is 0.390 e. The molecule has 1 aliphatic rings. The van der Waals surface area contributed by atoms with E-state index in [2.05, 4.69) is 38.7 Å². The molecule has 6 nitrogen and oxygen atoms in total. The number of likely N-dealkylation sites (tertiary alicyclic amines) is 1. The topological polar surface area (TPSA) is 62.6 Å². The molecule has 1 aliphatic heterocycles. The Labute approximate surface area is 189 Å². The standard InChI is InChI=1S/C24H25F3N6/c1-16-2-7-20-21(14-16)28-30-23(20)22-15-33(31-29-22)19-5-3-17(4-6-19)18-8-11-32(12-9-18)13-10-24(25,26)27/h2-7,14-15,18H,8-13H2,1H3,(H,28,30). The van der Waals surface area contributed by atoms with Crippen molar-refractivity contribution in [3.63, 3.8) is 0 Å². The van der Waals surface area contributed by atoms with Crippen LogP contribution in [0.2, 0.25) is 0 Å². The Morgan fingerprint density at radius 2 is 1.82 bits per heavy atom. The quantitative estimate of drug-likeness (QED) is 0.447. The van der Waals surface area contributed by atoms with Gasteiger partial charge in [-0.1, -0.05) is 29.5 Å². The summed E-state index contributed by atoms with van der Waals surface area (Å²) in [6, 6.07) is 14.3. The summed E-state index contributed by atoms with van der Waals surface area (Å²) in [5.74, 6) is 0.367. The molecular weight excluding hydrogens is 429 g/mol. The average molecular weight is 455 g/mol. The summed E-state index contributed by atoms with van der Waals surface area (Å²) >= 11 is 0. The SMILES string of the molecule is Cc1ccc2c(-c3cn(-c4ccc(C5CCN(CCC(F)(F)F)CC5)cc4)nn3)n[nH]c2c1. The highest BCUT2D eigenvalue weighted by Gasteiger charge is 2.29. The highest BCUT2D eigenvalue weighted by atomic mass is 19.4. The summed E-state index contributed by atoms with van der Waals surface area (Å²) < 4.78 is 39.1. The number of nitrogens with one attached hydrogen (secondary N) is 1. The van der Waals surface area contributed by atoms with Crippen LogP contribution in [-0.4, -0.2) is 55.9 Å². The van der Waals surface area contributed by atoms with Gasteiger partial charge in [0.1, 0.15) is 11.4 Å². The van der Waals surface area contributed by atoms with E-state index >= 15 is 0 Å². The third kappa shape index (κ3) is 4.78. The van der Waals surface area contributed by atoms with Crippen molar-refractivity contribution in [1.29, 1.82) is 0 Å². The predicted octanol–water partition coefficient (Wildman–Crippen LogP) is 5.25. The molecule has 1 N–H and O–H groups in total. The number of rotatable bonds is 5. The number of alkyl halides is 3. The highest BCUT2D eigenvalue weighted by molar-refractivity contribution is 5.92. The van der Waals surface area contributed by atoms with Gasteiger partial charge in [-0.2, -0.15) is 18.3 Å². The van der Waals surface area contributed by atoms with E-state index in [-0.39, 0.29) is 6.54 Å². The van der Waals surface area contributed by atoms with Crippen LogP contribution in [0.5, 0.6) is 0 Å². The van der Waals surface area contributed by atoms with Gasteiger partial charge < -0.3 is 4.90 Å². The molecule has 172 valence electrons. The number of piperidine rings is 1. The van der Waals surface area contributed by atoms with Crippen LogP contribution in [-0.2, 0) is 0 Å². The zero-order valence-corrected chi connectivity index (χ0v) is 18.3. The zero-order chi connectivity index (χ0) is 23.0. The first-order valence-corrected chi connectivity index (χ1v) is 11.1. The molecule has 2 aromatic heterocycles. The lowest BCUT2D eigenvalue weighted by molar-refractivity contribution is -0.138. The first-order chi connectivity index (χ1) is 15.9. The molecule has 0 radical (unpaired) electrons. The number of aromatic nitrogens is 5. The van der Waals surface area contributed by atoms with Crippen LogP contribution in [0.15, 0.2) is 48.7 Å². The minimum atomic E-state index is -4.09. The van der Waals surface area contributed by atoms with Gasteiger partial charge in [0.15, 0.2) is 0 Å². The Hall–Kier alpha value is -3.20. The summed E-state index contributed by atoms with van der Waals surface area (Å²) in [6.45, 7) is 3.53. The van der Waals surface area contributed by atoms with Gasteiger partial charge in [-0.15, -0.1) is 5.10 Å². The minimum Gasteiger partial charge on any atom is -0.303 e. The summed E-state index contributed by atoms with van der Waals surface area (Å²) in [7, 11) is 0. The molecule has 0 unspecified atom stereocenters. The Morgan fingerprint density at radius 1 is 1.06 bits per heavy atom. The van der Waals surface area contributed by atoms with Crippen LogP contribution < -0.4 is 0 Å². The van der Waals surface area contributed by atoms with E-state index < -0.39 is 12.6 Å². The van der Waals surface area contributed by atoms with Crippen molar-refractivity contribution < 1.29 is 13.2 Å². The van der Waals surface area contributed by atoms with E-state index in [0.29, 0.717) is 24.7 Å². The molecule has 0 spiro atoms. The molecule has 0 bridgehead atoms. The van der Waals surface area contributed by atoms with Crippen molar-refractivity contribution in [2.24, 2.45) is 0 Å². The van der Waals surface area contributed by atoms with Crippen LogP contribution >= 0.6 is 0 Å². The lowest BCUT2D eigenvalue weighted by Crippen LogP contribution is -2.35. The van der Waals surface area contributed by atoms with E-state index in [1.54, 1.807) is 4.68 Å². The van der Waals surface area contributed by atoms with E-state index in [9.17, 15) is 13.2 Å². The number of aromatic amines is 1. The molecule has 0 aliphatic carbocycles. The van der Waals surface area contributed by atoms with Gasteiger partial charge in [0, 0.05) is 11.9 Å². The van der Waals surface area contributed by atoms with Gasteiger partial charge in [0.25, 0.3) is 0 Å². The van der Waals surface area contributed by atoms with Crippen molar-refractivity contribution in [1.82, 2.24) is 30.1 Å². The number of nitrogens with zero attached hydrogens (tertiary/aromatic N) is 5. The first-order valence-electron chi connectivity index (χ1n) is 11.1. The molecule has 3 heterocycles. The van der Waals surface area contributed by atoms with Crippen molar-refractivity contribution in [2.75, 3.05) is 19.6 Å². The first kappa shape index (κ1) is 21.6. The van der Waals surface area contributed by atoms with E-state index in [1.807, 2.05) is 42.3 Å². The predicted molar refractivity (Wildman–Crippen MR) is 120 cm³/mol. The molecule has 0 atom stereocenters. The van der Waals surface area contributed by atoms with Crippen LogP contribution in [0.25, 0.3) is 28.0 Å². The van der Waals surface area contributed by atoms with Crippen molar-refractivity contribution >= 4 is 10.9 Å². The fourth-order valence-electron chi connectivity index (χ4n) is 4.50. The van der Waals surface area contributed by atoms with Crippen molar-refractivity contribution in [2.45, 2.75) is 38.3 Å². The number of aryl methyl sites for hydroxylation is 1. The maximum absolute atomic E-state index is 12.5. The molecule has 0 saturated carbocycles. The molecule has 0 amide bonds. The Balaban J connectivity index is 1.25. The lowest BCUT2D eigenvalue weighted by atomic mass is 9.89. The third-order valence-electron chi connectivity index (χ3n) is 6.38. The van der Waals surface area contributed by atoms with E-state index in [0.717, 1.165) is 40.7 Å². The summed E-state index contributed by atoms with van der Waals surface area (Å²) in [5, 5.41) is 17.1. The van der Waals surface area contributed by atoms with Gasteiger partial charge in [-0.05, 0) is 68.1 Å². The van der Waals surface area contributed by atoms with Gasteiger partial charge in [0.05, 0.1) is 23.8 Å². The number of H-pyrrole nitrogens is 1. The molecule has 1 saturated heterocycles. The van der Waals surface area contributed by atoms with Crippen LogP contribution in [0.1, 0.15) is 36.3 Å². The molecule has 1 fully saturated rings. The van der Waals surface area contributed by atoms with Crippen LogP contribution in [0.4, 0.5) is 13.2 Å². The zero-order valence-electron chi connectivity index (χ0n) is 18.3. The Kier molecular flexibility index (Phi) is 5.65. The number of hydrogen-bond donors (Lipinski definition) is 1. The maximum atomic E-state index is 12.5. The number of hydrogen-bond acceptors (Lipinski definition) is 4. The van der Waals surface area contributed by atoms with Crippen molar-refractivity contribution in [3.05, 3.63) is 59.8 Å². The summed E-state index contributed by atoms with van der Waals surface area (Å²) in [6.07, 6.45) is -1.21. The van der Waals surface area contributed by atoms with Crippen LogP contribution in [0, 0.1) is 6.92 Å². The number of fused-ring (bicyclic) bond motifs is 1. The van der Waals surface area contributed by atoms with Gasteiger partial charge in [-0.25, -0.2) is 4.68 Å². The fourth-order valence-corrected chi connectivity index (χ4v) is 4.50. The van der Waals surface area contributed by atoms with Gasteiger partial charge in [-0.3, -0.25) is 5.10 Å². The third-order valence-corrected chi connectivity index (χ3v) is 6.38. The molecular formula is C24H25F3N6. The second-order valence-corrected chi connectivity index (χ2v) is 8.74. The average Bonchev–Trinajstić information content (AvgIpc) is 3.44. The smallest absolute Gasteiger partial charge is 0.303 e.